The van der Waals surface area contributed by atoms with Crippen LogP contribution < -0.4 is 15.4 Å². The van der Waals surface area contributed by atoms with Gasteiger partial charge in [-0.05, 0) is 31.6 Å². The third-order valence-electron chi connectivity index (χ3n) is 4.35. The first-order chi connectivity index (χ1) is 9.15. The van der Waals surface area contributed by atoms with Gasteiger partial charge < -0.3 is 15.4 Å². The Morgan fingerprint density at radius 3 is 2.63 bits per heavy atom. The van der Waals surface area contributed by atoms with E-state index in [1.165, 1.54) is 25.6 Å². The second-order valence-electron chi connectivity index (χ2n) is 5.23. The molecule has 1 saturated heterocycles. The van der Waals surface area contributed by atoms with Crippen LogP contribution in [0.5, 0.6) is 5.88 Å². The Labute approximate surface area is 115 Å². The first kappa shape index (κ1) is 13.9. The summed E-state index contributed by atoms with van der Waals surface area (Å²) in [7, 11) is 0. The van der Waals surface area contributed by atoms with Gasteiger partial charge in [-0.1, -0.05) is 13.8 Å². The number of hydrogen-bond acceptors (Lipinski definition) is 5. The zero-order chi connectivity index (χ0) is 13.9. The summed E-state index contributed by atoms with van der Waals surface area (Å²) < 4.78 is 5.44. The number of anilines is 2. The summed E-state index contributed by atoms with van der Waals surface area (Å²) in [6.07, 6.45) is 5.13. The number of nitrogens with two attached hydrogens (primary N) is 1. The van der Waals surface area contributed by atoms with Crippen LogP contribution >= 0.6 is 0 Å². The SMILES string of the molecule is CCOc1ncnc(N2CCC(CC)(CC)C2)c1N. The summed E-state index contributed by atoms with van der Waals surface area (Å²) in [5, 5.41) is 0. The average Bonchev–Trinajstić information content (AvgIpc) is 2.86. The highest BCUT2D eigenvalue weighted by atomic mass is 16.5. The van der Waals surface area contributed by atoms with Crippen LogP contribution in [0.1, 0.15) is 40.0 Å². The first-order valence-corrected chi connectivity index (χ1v) is 7.14. The molecule has 2 rings (SSSR count). The summed E-state index contributed by atoms with van der Waals surface area (Å²) in [5.74, 6) is 1.32. The van der Waals surface area contributed by atoms with E-state index in [1.54, 1.807) is 0 Å². The van der Waals surface area contributed by atoms with E-state index in [1.807, 2.05) is 6.92 Å². The Kier molecular flexibility index (Phi) is 4.12. The average molecular weight is 264 g/mol. The molecule has 5 heteroatoms. The highest BCUT2D eigenvalue weighted by Crippen LogP contribution is 2.40. The summed E-state index contributed by atoms with van der Waals surface area (Å²) in [6.45, 7) is 9.05. The molecule has 0 unspecified atom stereocenters. The van der Waals surface area contributed by atoms with Gasteiger partial charge in [0.2, 0.25) is 5.88 Å². The Morgan fingerprint density at radius 2 is 2.05 bits per heavy atom. The Hall–Kier alpha value is -1.52. The maximum absolute atomic E-state index is 6.13. The van der Waals surface area contributed by atoms with Gasteiger partial charge in [0.15, 0.2) is 5.82 Å². The molecule has 1 aliphatic rings. The van der Waals surface area contributed by atoms with Crippen LogP contribution in [0.4, 0.5) is 11.5 Å². The molecule has 0 radical (unpaired) electrons. The minimum atomic E-state index is 0.406. The summed E-state index contributed by atoms with van der Waals surface area (Å²) in [6, 6.07) is 0. The van der Waals surface area contributed by atoms with Crippen LogP contribution in [-0.4, -0.2) is 29.7 Å². The van der Waals surface area contributed by atoms with Gasteiger partial charge in [-0.25, -0.2) is 4.98 Å². The van der Waals surface area contributed by atoms with E-state index in [4.69, 9.17) is 10.5 Å². The molecule has 1 aliphatic heterocycles. The second kappa shape index (κ2) is 5.63. The van der Waals surface area contributed by atoms with Gasteiger partial charge in [-0.3, -0.25) is 0 Å². The molecule has 2 heterocycles. The third kappa shape index (κ3) is 2.60. The maximum atomic E-state index is 6.13. The molecule has 0 spiro atoms. The lowest BCUT2D eigenvalue weighted by Gasteiger charge is -2.27. The fraction of sp³-hybridized carbons (Fsp3) is 0.714. The lowest BCUT2D eigenvalue weighted by Crippen LogP contribution is -2.27. The van der Waals surface area contributed by atoms with Crippen LogP contribution in [0.2, 0.25) is 0 Å². The van der Waals surface area contributed by atoms with Gasteiger partial charge >= 0.3 is 0 Å². The van der Waals surface area contributed by atoms with Crippen molar-refractivity contribution >= 4 is 11.5 Å². The zero-order valence-electron chi connectivity index (χ0n) is 12.1. The Balaban J connectivity index is 2.22. The van der Waals surface area contributed by atoms with E-state index >= 15 is 0 Å². The van der Waals surface area contributed by atoms with E-state index in [0.717, 1.165) is 18.9 Å². The van der Waals surface area contributed by atoms with Crippen molar-refractivity contribution in [3.05, 3.63) is 6.33 Å². The lowest BCUT2D eigenvalue weighted by atomic mass is 9.82. The van der Waals surface area contributed by atoms with Gasteiger partial charge in [-0.15, -0.1) is 0 Å². The number of ether oxygens (including phenoxy) is 1. The van der Waals surface area contributed by atoms with E-state index < -0.39 is 0 Å². The van der Waals surface area contributed by atoms with Crippen molar-refractivity contribution in [2.24, 2.45) is 5.41 Å². The van der Waals surface area contributed by atoms with Crippen molar-refractivity contribution in [2.75, 3.05) is 30.3 Å². The molecule has 0 amide bonds. The van der Waals surface area contributed by atoms with Crippen LogP contribution in [-0.2, 0) is 0 Å². The van der Waals surface area contributed by atoms with Crippen LogP contribution in [0.3, 0.4) is 0 Å². The minimum absolute atomic E-state index is 0.406. The van der Waals surface area contributed by atoms with E-state index in [9.17, 15) is 0 Å². The molecule has 0 aromatic carbocycles. The summed E-state index contributed by atoms with van der Waals surface area (Å²) in [5.41, 5.74) is 7.10. The van der Waals surface area contributed by atoms with E-state index in [2.05, 4.69) is 28.7 Å². The van der Waals surface area contributed by atoms with Crippen molar-refractivity contribution in [1.29, 1.82) is 0 Å². The molecular weight excluding hydrogens is 240 g/mol. The summed E-state index contributed by atoms with van der Waals surface area (Å²) >= 11 is 0. The molecule has 2 N–H and O–H groups in total. The molecular formula is C14H24N4O. The smallest absolute Gasteiger partial charge is 0.242 e. The van der Waals surface area contributed by atoms with Crippen LogP contribution in [0.25, 0.3) is 0 Å². The number of aromatic nitrogens is 2. The van der Waals surface area contributed by atoms with Gasteiger partial charge in [0.25, 0.3) is 0 Å². The van der Waals surface area contributed by atoms with E-state index in [-0.39, 0.29) is 0 Å². The molecule has 0 atom stereocenters. The second-order valence-corrected chi connectivity index (χ2v) is 5.23. The van der Waals surface area contributed by atoms with Crippen molar-refractivity contribution in [3.8, 4) is 5.88 Å². The molecule has 1 aromatic heterocycles. The fourth-order valence-electron chi connectivity index (χ4n) is 2.82. The predicted molar refractivity (Wildman–Crippen MR) is 77.5 cm³/mol. The molecule has 0 aliphatic carbocycles. The third-order valence-corrected chi connectivity index (χ3v) is 4.35. The Bertz CT molecular complexity index is 431. The molecule has 0 saturated carbocycles. The predicted octanol–water partition coefficient (Wildman–Crippen LogP) is 2.47. The van der Waals surface area contributed by atoms with Gasteiger partial charge in [0.1, 0.15) is 12.0 Å². The Morgan fingerprint density at radius 1 is 1.32 bits per heavy atom. The summed E-state index contributed by atoms with van der Waals surface area (Å²) in [4.78, 5) is 10.7. The molecule has 106 valence electrons. The topological polar surface area (TPSA) is 64.3 Å². The highest BCUT2D eigenvalue weighted by Gasteiger charge is 2.36. The van der Waals surface area contributed by atoms with E-state index in [0.29, 0.717) is 23.6 Å². The van der Waals surface area contributed by atoms with Crippen molar-refractivity contribution < 1.29 is 4.74 Å². The zero-order valence-corrected chi connectivity index (χ0v) is 12.1. The molecule has 1 fully saturated rings. The number of nitrogen functional groups attached to an aromatic ring is 1. The standard InChI is InChI=1S/C14H24N4O/c1-4-14(5-2)7-8-18(9-14)12-11(15)13(19-6-3)17-10-16-12/h10H,4-9,15H2,1-3H3. The maximum Gasteiger partial charge on any atom is 0.242 e. The molecule has 1 aromatic rings. The molecule has 19 heavy (non-hydrogen) atoms. The van der Waals surface area contributed by atoms with Crippen molar-refractivity contribution in [2.45, 2.75) is 40.0 Å². The van der Waals surface area contributed by atoms with Crippen LogP contribution in [0.15, 0.2) is 6.33 Å². The quantitative estimate of drug-likeness (QED) is 0.885. The van der Waals surface area contributed by atoms with Gasteiger partial charge in [0, 0.05) is 13.1 Å². The highest BCUT2D eigenvalue weighted by molar-refractivity contribution is 5.68. The normalized spacial score (nSPS) is 17.7. The molecule has 5 nitrogen and oxygen atoms in total. The number of nitrogens with zero attached hydrogens (tertiary/aromatic N) is 3. The minimum Gasteiger partial charge on any atom is -0.476 e. The monoisotopic (exact) mass is 264 g/mol. The molecule has 0 bridgehead atoms. The number of hydrogen-bond donors (Lipinski definition) is 1. The fourth-order valence-corrected chi connectivity index (χ4v) is 2.82. The van der Waals surface area contributed by atoms with Gasteiger partial charge in [-0.2, -0.15) is 4.98 Å². The van der Waals surface area contributed by atoms with Crippen molar-refractivity contribution in [3.63, 3.8) is 0 Å². The van der Waals surface area contributed by atoms with Crippen LogP contribution in [0, 0.1) is 5.41 Å². The lowest BCUT2D eigenvalue weighted by molar-refractivity contribution is 0.301. The van der Waals surface area contributed by atoms with Crippen molar-refractivity contribution in [1.82, 2.24) is 9.97 Å². The largest absolute Gasteiger partial charge is 0.476 e. The van der Waals surface area contributed by atoms with Gasteiger partial charge in [0.05, 0.1) is 6.61 Å². The first-order valence-electron chi connectivity index (χ1n) is 7.14. The number of rotatable bonds is 5.